The third kappa shape index (κ3) is 5.09. The van der Waals surface area contributed by atoms with Crippen LogP contribution in [-0.2, 0) is 4.79 Å². The molecular weight excluding hydrogens is 310 g/mol. The molecule has 25 heavy (non-hydrogen) atoms. The Labute approximate surface area is 151 Å². The van der Waals surface area contributed by atoms with Crippen molar-refractivity contribution < 1.29 is 9.53 Å². The highest BCUT2D eigenvalue weighted by Gasteiger charge is 2.19. The van der Waals surface area contributed by atoms with Crippen molar-refractivity contribution in [1.29, 1.82) is 0 Å². The second kappa shape index (κ2) is 8.19. The first-order valence-electron chi connectivity index (χ1n) is 8.92. The molecular formula is C22H29NO2. The fraction of sp³-hybridized carbons (Fsp3) is 0.409. The summed E-state index contributed by atoms with van der Waals surface area (Å²) in [4.78, 5) is 12.6. The van der Waals surface area contributed by atoms with E-state index in [9.17, 15) is 4.79 Å². The van der Waals surface area contributed by atoms with E-state index in [4.69, 9.17) is 4.74 Å². The largest absolute Gasteiger partial charge is 0.481 e. The first-order chi connectivity index (χ1) is 11.8. The van der Waals surface area contributed by atoms with Crippen LogP contribution in [0.25, 0.3) is 0 Å². The molecule has 0 spiro atoms. The van der Waals surface area contributed by atoms with Crippen LogP contribution < -0.4 is 10.1 Å². The van der Waals surface area contributed by atoms with Crippen molar-refractivity contribution >= 4 is 5.91 Å². The van der Waals surface area contributed by atoms with E-state index in [2.05, 4.69) is 50.4 Å². The summed E-state index contributed by atoms with van der Waals surface area (Å²) in [6.07, 6.45) is 0.298. The average molecular weight is 339 g/mol. The molecule has 0 aliphatic carbocycles. The lowest BCUT2D eigenvalue weighted by molar-refractivity contribution is -0.128. The molecule has 3 heteroatoms. The van der Waals surface area contributed by atoms with Gasteiger partial charge in [-0.1, -0.05) is 31.2 Å². The highest BCUT2D eigenvalue weighted by atomic mass is 16.5. The minimum atomic E-state index is -0.540. The minimum Gasteiger partial charge on any atom is -0.481 e. The zero-order valence-corrected chi connectivity index (χ0v) is 16.1. The molecule has 0 aliphatic rings. The molecule has 0 aliphatic heterocycles. The molecule has 0 aromatic heterocycles. The summed E-state index contributed by atoms with van der Waals surface area (Å²) < 4.78 is 5.85. The van der Waals surface area contributed by atoms with Crippen LogP contribution in [0.2, 0.25) is 0 Å². The molecule has 0 fully saturated rings. The van der Waals surface area contributed by atoms with Crippen molar-refractivity contribution in [3.05, 3.63) is 64.2 Å². The minimum absolute atomic E-state index is 0.00269. The van der Waals surface area contributed by atoms with Crippen molar-refractivity contribution in [2.24, 2.45) is 0 Å². The number of nitrogens with one attached hydrogen (secondary N) is 1. The first kappa shape index (κ1) is 19.0. The number of rotatable bonds is 6. The van der Waals surface area contributed by atoms with Crippen LogP contribution in [0.15, 0.2) is 36.4 Å². The monoisotopic (exact) mass is 339 g/mol. The molecule has 0 bridgehead atoms. The Morgan fingerprint density at radius 1 is 1.00 bits per heavy atom. The van der Waals surface area contributed by atoms with Gasteiger partial charge in [-0.25, -0.2) is 0 Å². The highest BCUT2D eigenvalue weighted by Crippen LogP contribution is 2.21. The van der Waals surface area contributed by atoms with Crippen LogP contribution in [-0.4, -0.2) is 12.0 Å². The third-order valence-corrected chi connectivity index (χ3v) is 4.54. The van der Waals surface area contributed by atoms with Gasteiger partial charge in [-0.15, -0.1) is 0 Å². The van der Waals surface area contributed by atoms with Gasteiger partial charge in [0.15, 0.2) is 6.10 Å². The normalized spacial score (nSPS) is 13.2. The predicted octanol–water partition coefficient (Wildman–Crippen LogP) is 4.96. The summed E-state index contributed by atoms with van der Waals surface area (Å²) in [5.74, 6) is 0.642. The fourth-order valence-electron chi connectivity index (χ4n) is 2.95. The number of benzene rings is 2. The molecule has 2 unspecified atom stereocenters. The van der Waals surface area contributed by atoms with Gasteiger partial charge in [-0.3, -0.25) is 4.79 Å². The maximum Gasteiger partial charge on any atom is 0.261 e. The van der Waals surface area contributed by atoms with Crippen LogP contribution >= 0.6 is 0 Å². The number of amides is 1. The topological polar surface area (TPSA) is 38.3 Å². The molecule has 1 amide bonds. The standard InChI is InChI=1S/C22H29NO2/c1-7-21(19-9-8-16(4)17(5)13-19)23-22(24)18(6)25-20-11-14(2)10-15(3)12-20/h8-13,18,21H,7H2,1-6H3,(H,23,24). The van der Waals surface area contributed by atoms with Gasteiger partial charge in [0.2, 0.25) is 0 Å². The van der Waals surface area contributed by atoms with Gasteiger partial charge < -0.3 is 10.1 Å². The number of ether oxygens (including phenoxy) is 1. The lowest BCUT2D eigenvalue weighted by Crippen LogP contribution is -2.38. The van der Waals surface area contributed by atoms with E-state index in [0.717, 1.165) is 28.9 Å². The molecule has 2 atom stereocenters. The van der Waals surface area contributed by atoms with Gasteiger partial charge in [0, 0.05) is 0 Å². The zero-order chi connectivity index (χ0) is 18.6. The number of carbonyl (C=O) groups is 1. The van der Waals surface area contributed by atoms with Crippen LogP contribution in [0, 0.1) is 27.7 Å². The Balaban J connectivity index is 2.06. The van der Waals surface area contributed by atoms with Crippen LogP contribution in [0.4, 0.5) is 0 Å². The summed E-state index contributed by atoms with van der Waals surface area (Å²) in [6, 6.07) is 12.3. The maximum absolute atomic E-state index is 12.6. The van der Waals surface area contributed by atoms with E-state index in [1.807, 2.05) is 26.0 Å². The molecule has 2 aromatic rings. The first-order valence-corrected chi connectivity index (χ1v) is 8.92. The van der Waals surface area contributed by atoms with Gasteiger partial charge in [0.1, 0.15) is 5.75 Å². The Hall–Kier alpha value is -2.29. The molecule has 2 aromatic carbocycles. The molecule has 1 N–H and O–H groups in total. The van der Waals surface area contributed by atoms with Crippen molar-refractivity contribution in [2.75, 3.05) is 0 Å². The predicted molar refractivity (Wildman–Crippen MR) is 103 cm³/mol. The number of hydrogen-bond donors (Lipinski definition) is 1. The molecule has 0 radical (unpaired) electrons. The van der Waals surface area contributed by atoms with Gasteiger partial charge in [-0.2, -0.15) is 0 Å². The summed E-state index contributed by atoms with van der Waals surface area (Å²) in [5.41, 5.74) is 5.90. The number of aryl methyl sites for hydroxylation is 4. The molecule has 2 rings (SSSR count). The molecule has 0 heterocycles. The third-order valence-electron chi connectivity index (χ3n) is 4.54. The van der Waals surface area contributed by atoms with Crippen LogP contribution in [0.5, 0.6) is 5.75 Å². The SMILES string of the molecule is CCC(NC(=O)C(C)Oc1cc(C)cc(C)c1)c1ccc(C)c(C)c1. The second-order valence-electron chi connectivity index (χ2n) is 6.90. The van der Waals surface area contributed by atoms with Gasteiger partial charge in [-0.05, 0) is 81.0 Å². The summed E-state index contributed by atoms with van der Waals surface area (Å²) in [7, 11) is 0. The highest BCUT2D eigenvalue weighted by molar-refractivity contribution is 5.81. The van der Waals surface area contributed by atoms with Crippen molar-refractivity contribution in [3.63, 3.8) is 0 Å². The molecule has 3 nitrogen and oxygen atoms in total. The van der Waals surface area contributed by atoms with E-state index < -0.39 is 6.10 Å². The van der Waals surface area contributed by atoms with Crippen molar-refractivity contribution in [1.82, 2.24) is 5.32 Å². The van der Waals surface area contributed by atoms with Gasteiger partial charge >= 0.3 is 0 Å². The Kier molecular flexibility index (Phi) is 6.24. The molecule has 134 valence electrons. The lowest BCUT2D eigenvalue weighted by Gasteiger charge is -2.22. The van der Waals surface area contributed by atoms with E-state index in [1.54, 1.807) is 6.92 Å². The van der Waals surface area contributed by atoms with E-state index >= 15 is 0 Å². The molecule has 0 saturated carbocycles. The summed E-state index contributed by atoms with van der Waals surface area (Å²) >= 11 is 0. The smallest absolute Gasteiger partial charge is 0.261 e. The summed E-state index contributed by atoms with van der Waals surface area (Å²) in [6.45, 7) is 12.1. The zero-order valence-electron chi connectivity index (χ0n) is 16.1. The van der Waals surface area contributed by atoms with Crippen molar-refractivity contribution in [2.45, 2.75) is 60.1 Å². The van der Waals surface area contributed by atoms with Gasteiger partial charge in [0.05, 0.1) is 6.04 Å². The van der Waals surface area contributed by atoms with Crippen LogP contribution in [0.3, 0.4) is 0 Å². The second-order valence-corrected chi connectivity index (χ2v) is 6.90. The quantitative estimate of drug-likeness (QED) is 0.808. The van der Waals surface area contributed by atoms with E-state index in [-0.39, 0.29) is 11.9 Å². The Morgan fingerprint density at radius 3 is 2.20 bits per heavy atom. The summed E-state index contributed by atoms with van der Waals surface area (Å²) in [5, 5.41) is 3.11. The Bertz CT molecular complexity index is 731. The Morgan fingerprint density at radius 2 is 1.64 bits per heavy atom. The van der Waals surface area contributed by atoms with Crippen molar-refractivity contribution in [3.8, 4) is 5.75 Å². The van der Waals surface area contributed by atoms with E-state index in [0.29, 0.717) is 0 Å². The average Bonchev–Trinajstić information content (AvgIpc) is 2.54. The number of carbonyl (C=O) groups excluding carboxylic acids is 1. The van der Waals surface area contributed by atoms with Gasteiger partial charge in [0.25, 0.3) is 5.91 Å². The number of hydrogen-bond acceptors (Lipinski definition) is 2. The molecule has 0 saturated heterocycles. The maximum atomic E-state index is 12.6. The van der Waals surface area contributed by atoms with Crippen LogP contribution in [0.1, 0.15) is 54.1 Å². The van der Waals surface area contributed by atoms with E-state index in [1.165, 1.54) is 11.1 Å². The lowest BCUT2D eigenvalue weighted by atomic mass is 9.99. The fourth-order valence-corrected chi connectivity index (χ4v) is 2.95.